The van der Waals surface area contributed by atoms with Crippen molar-refractivity contribution < 1.29 is 9.18 Å². The lowest BCUT2D eigenvalue weighted by Gasteiger charge is -2.40. The molecule has 1 saturated heterocycles. The summed E-state index contributed by atoms with van der Waals surface area (Å²) in [7, 11) is 0. The molecule has 3 N–H and O–H groups in total. The number of benzene rings is 2. The third-order valence-corrected chi connectivity index (χ3v) is 4.53. The number of halogens is 1. The highest BCUT2D eigenvalue weighted by Gasteiger charge is 2.28. The maximum atomic E-state index is 14.2. The molecular formula is C20H24FN3O. The van der Waals surface area contributed by atoms with E-state index in [1.165, 1.54) is 5.56 Å². The van der Waals surface area contributed by atoms with Crippen molar-refractivity contribution in [3.05, 3.63) is 65.7 Å². The van der Waals surface area contributed by atoms with Crippen LogP contribution in [0.4, 0.5) is 14.9 Å². The summed E-state index contributed by atoms with van der Waals surface area (Å²) in [6.45, 7) is 2.39. The van der Waals surface area contributed by atoms with Crippen molar-refractivity contribution in [1.29, 1.82) is 0 Å². The molecule has 1 aliphatic rings. The molecule has 2 amide bonds. The Morgan fingerprint density at radius 3 is 2.44 bits per heavy atom. The number of hydrogen-bond donors (Lipinski definition) is 2. The van der Waals surface area contributed by atoms with E-state index in [2.05, 4.69) is 10.2 Å². The highest BCUT2D eigenvalue weighted by atomic mass is 19.1. The van der Waals surface area contributed by atoms with Crippen LogP contribution in [0.25, 0.3) is 0 Å². The molecule has 0 bridgehead atoms. The summed E-state index contributed by atoms with van der Waals surface area (Å²) in [6, 6.07) is 17.0. The average Bonchev–Trinajstić information content (AvgIpc) is 2.55. The zero-order chi connectivity index (χ0) is 17.6. The standard InChI is InChI=1S/C20H24FN3O/c21-18(11-15-4-2-1-3-5-15)14-24-12-17(13-24)10-16-6-8-19(9-7-16)23-20(22)25/h1-9,17-18H,10-14H2,(H3,22,23,25). The normalized spacial score (nSPS) is 16.2. The molecule has 0 radical (unpaired) electrons. The molecular weight excluding hydrogens is 317 g/mol. The van der Waals surface area contributed by atoms with E-state index in [9.17, 15) is 9.18 Å². The molecule has 1 unspecified atom stereocenters. The molecule has 0 saturated carbocycles. The Bertz CT molecular complexity index is 684. The van der Waals surface area contributed by atoms with Gasteiger partial charge in [-0.1, -0.05) is 42.5 Å². The van der Waals surface area contributed by atoms with Crippen LogP contribution >= 0.6 is 0 Å². The fraction of sp³-hybridized carbons (Fsp3) is 0.350. The van der Waals surface area contributed by atoms with Crippen molar-refractivity contribution in [1.82, 2.24) is 4.90 Å². The number of rotatable bonds is 7. The second-order valence-corrected chi connectivity index (χ2v) is 6.76. The lowest BCUT2D eigenvalue weighted by atomic mass is 9.91. The van der Waals surface area contributed by atoms with E-state index in [0.29, 0.717) is 24.6 Å². The summed E-state index contributed by atoms with van der Waals surface area (Å²) in [6.07, 6.45) is 0.641. The topological polar surface area (TPSA) is 58.4 Å². The number of amides is 2. The van der Waals surface area contributed by atoms with E-state index in [1.54, 1.807) is 0 Å². The van der Waals surface area contributed by atoms with Gasteiger partial charge in [0, 0.05) is 31.7 Å². The van der Waals surface area contributed by atoms with Gasteiger partial charge in [0.15, 0.2) is 0 Å². The van der Waals surface area contributed by atoms with E-state index in [1.807, 2.05) is 54.6 Å². The molecule has 4 nitrogen and oxygen atoms in total. The molecule has 132 valence electrons. The van der Waals surface area contributed by atoms with Gasteiger partial charge in [0.25, 0.3) is 0 Å². The summed E-state index contributed by atoms with van der Waals surface area (Å²) in [5.74, 6) is 0.568. The monoisotopic (exact) mass is 341 g/mol. The fourth-order valence-electron chi connectivity index (χ4n) is 3.37. The van der Waals surface area contributed by atoms with Crippen LogP contribution in [0.1, 0.15) is 11.1 Å². The van der Waals surface area contributed by atoms with Gasteiger partial charge in [-0.3, -0.25) is 4.90 Å². The predicted molar refractivity (Wildman–Crippen MR) is 98.3 cm³/mol. The van der Waals surface area contributed by atoms with Crippen LogP contribution < -0.4 is 11.1 Å². The van der Waals surface area contributed by atoms with Gasteiger partial charge in [-0.05, 0) is 35.6 Å². The second kappa shape index (κ2) is 8.12. The van der Waals surface area contributed by atoms with Crippen LogP contribution in [-0.4, -0.2) is 36.7 Å². The molecule has 25 heavy (non-hydrogen) atoms. The number of alkyl halides is 1. The molecule has 1 atom stereocenters. The zero-order valence-corrected chi connectivity index (χ0v) is 14.2. The molecule has 3 rings (SSSR count). The number of hydrogen-bond acceptors (Lipinski definition) is 2. The lowest BCUT2D eigenvalue weighted by Crippen LogP contribution is -2.50. The van der Waals surface area contributed by atoms with Gasteiger partial charge in [-0.25, -0.2) is 9.18 Å². The summed E-state index contributed by atoms with van der Waals surface area (Å²) >= 11 is 0. The van der Waals surface area contributed by atoms with Crippen molar-refractivity contribution in [3.63, 3.8) is 0 Å². The van der Waals surface area contributed by atoms with Crippen LogP contribution in [0.3, 0.4) is 0 Å². The van der Waals surface area contributed by atoms with E-state index >= 15 is 0 Å². The van der Waals surface area contributed by atoms with Crippen LogP contribution in [0, 0.1) is 5.92 Å². The van der Waals surface area contributed by atoms with Gasteiger partial charge in [0.1, 0.15) is 6.17 Å². The zero-order valence-electron chi connectivity index (χ0n) is 14.2. The number of urea groups is 1. The third-order valence-electron chi connectivity index (χ3n) is 4.53. The van der Waals surface area contributed by atoms with Crippen molar-refractivity contribution in [2.24, 2.45) is 11.7 Å². The smallest absolute Gasteiger partial charge is 0.316 e. The van der Waals surface area contributed by atoms with Crippen LogP contribution in [-0.2, 0) is 12.8 Å². The summed E-state index contributed by atoms with van der Waals surface area (Å²) in [4.78, 5) is 13.0. The first-order chi connectivity index (χ1) is 12.1. The van der Waals surface area contributed by atoms with E-state index in [0.717, 1.165) is 25.1 Å². The number of anilines is 1. The molecule has 2 aromatic rings. The van der Waals surface area contributed by atoms with Gasteiger partial charge in [-0.15, -0.1) is 0 Å². The number of carbonyl (C=O) groups excluding carboxylic acids is 1. The van der Waals surface area contributed by atoms with Gasteiger partial charge in [0.05, 0.1) is 0 Å². The first-order valence-corrected chi connectivity index (χ1v) is 8.64. The average molecular weight is 341 g/mol. The Hall–Kier alpha value is -2.40. The first-order valence-electron chi connectivity index (χ1n) is 8.64. The molecule has 0 aliphatic carbocycles. The molecule has 0 aromatic heterocycles. The Morgan fingerprint density at radius 1 is 1.12 bits per heavy atom. The number of nitrogens with one attached hydrogen (secondary N) is 1. The van der Waals surface area contributed by atoms with E-state index in [-0.39, 0.29) is 0 Å². The number of nitrogens with zero attached hydrogens (tertiary/aromatic N) is 1. The van der Waals surface area contributed by atoms with Gasteiger partial charge in [-0.2, -0.15) is 0 Å². The number of primary amides is 1. The Labute approximate surface area is 147 Å². The minimum atomic E-state index is -0.817. The first kappa shape index (κ1) is 17.4. The summed E-state index contributed by atoms with van der Waals surface area (Å²) < 4.78 is 14.2. The largest absolute Gasteiger partial charge is 0.351 e. The number of likely N-dealkylation sites (tertiary alicyclic amines) is 1. The third kappa shape index (κ3) is 5.29. The van der Waals surface area contributed by atoms with Crippen molar-refractivity contribution in [2.45, 2.75) is 19.0 Å². The van der Waals surface area contributed by atoms with Crippen molar-refractivity contribution in [3.8, 4) is 0 Å². The molecule has 1 heterocycles. The summed E-state index contributed by atoms with van der Waals surface area (Å²) in [5.41, 5.74) is 8.07. The van der Waals surface area contributed by atoms with Crippen molar-refractivity contribution >= 4 is 11.7 Å². The minimum absolute atomic E-state index is 0.482. The van der Waals surface area contributed by atoms with Gasteiger partial charge in [0.2, 0.25) is 0 Å². The van der Waals surface area contributed by atoms with Gasteiger partial charge >= 0.3 is 6.03 Å². The highest BCUT2D eigenvalue weighted by molar-refractivity contribution is 5.87. The lowest BCUT2D eigenvalue weighted by molar-refractivity contribution is 0.0707. The quantitative estimate of drug-likeness (QED) is 0.812. The molecule has 1 fully saturated rings. The van der Waals surface area contributed by atoms with Crippen LogP contribution in [0.15, 0.2) is 54.6 Å². The maximum absolute atomic E-state index is 14.2. The Morgan fingerprint density at radius 2 is 1.80 bits per heavy atom. The second-order valence-electron chi connectivity index (χ2n) is 6.76. The molecule has 1 aliphatic heterocycles. The van der Waals surface area contributed by atoms with E-state index in [4.69, 9.17) is 5.73 Å². The van der Waals surface area contributed by atoms with Crippen LogP contribution in [0.5, 0.6) is 0 Å². The summed E-state index contributed by atoms with van der Waals surface area (Å²) in [5, 5.41) is 2.55. The van der Waals surface area contributed by atoms with Gasteiger partial charge < -0.3 is 11.1 Å². The molecule has 0 spiro atoms. The van der Waals surface area contributed by atoms with Crippen molar-refractivity contribution in [2.75, 3.05) is 25.0 Å². The minimum Gasteiger partial charge on any atom is -0.351 e. The van der Waals surface area contributed by atoms with Crippen LogP contribution in [0.2, 0.25) is 0 Å². The SMILES string of the molecule is NC(=O)Nc1ccc(CC2CN(CC(F)Cc3ccccc3)C2)cc1. The fourth-order valence-corrected chi connectivity index (χ4v) is 3.37. The number of nitrogens with two attached hydrogens (primary N) is 1. The Kier molecular flexibility index (Phi) is 5.66. The van der Waals surface area contributed by atoms with E-state index < -0.39 is 12.2 Å². The molecule has 5 heteroatoms. The Balaban J connectivity index is 1.38. The number of carbonyl (C=O) groups is 1. The maximum Gasteiger partial charge on any atom is 0.316 e. The molecule has 2 aromatic carbocycles. The predicted octanol–water partition coefficient (Wildman–Crippen LogP) is 3.23. The highest BCUT2D eigenvalue weighted by Crippen LogP contribution is 2.22.